The van der Waals surface area contributed by atoms with Gasteiger partial charge in [0.2, 0.25) is 0 Å². The number of rotatable bonds is 6. The van der Waals surface area contributed by atoms with Crippen molar-refractivity contribution in [2.45, 2.75) is 66.8 Å². The van der Waals surface area contributed by atoms with E-state index in [0.29, 0.717) is 11.5 Å². The molecule has 19 heavy (non-hydrogen) atoms. The molecule has 1 heteroatoms. The highest BCUT2D eigenvalue weighted by Crippen LogP contribution is 2.28. The zero-order chi connectivity index (χ0) is 14.5. The van der Waals surface area contributed by atoms with E-state index < -0.39 is 0 Å². The summed E-state index contributed by atoms with van der Waals surface area (Å²) in [4.78, 5) is 0. The lowest BCUT2D eigenvalue weighted by atomic mass is 9.86. The fourth-order valence-electron chi connectivity index (χ4n) is 2.49. The topological polar surface area (TPSA) is 12.0 Å². The molecule has 0 saturated carbocycles. The van der Waals surface area contributed by atoms with Crippen LogP contribution in [0.2, 0.25) is 0 Å². The Balaban J connectivity index is 2.82. The van der Waals surface area contributed by atoms with Crippen LogP contribution in [0.3, 0.4) is 0 Å². The molecule has 1 atom stereocenters. The van der Waals surface area contributed by atoms with E-state index in [2.05, 4.69) is 65.1 Å². The van der Waals surface area contributed by atoms with Crippen LogP contribution in [0.25, 0.3) is 0 Å². The summed E-state index contributed by atoms with van der Waals surface area (Å²) >= 11 is 0. The quantitative estimate of drug-likeness (QED) is 0.745. The van der Waals surface area contributed by atoms with Crippen LogP contribution in [0, 0.1) is 19.3 Å². The lowest BCUT2D eigenvalue weighted by Gasteiger charge is -2.25. The molecule has 0 aliphatic carbocycles. The summed E-state index contributed by atoms with van der Waals surface area (Å²) in [5.41, 5.74) is 4.60. The lowest BCUT2D eigenvalue weighted by Crippen LogP contribution is -2.24. The van der Waals surface area contributed by atoms with Gasteiger partial charge in [-0.3, -0.25) is 0 Å². The first-order valence-corrected chi connectivity index (χ1v) is 7.63. The number of hydrogen-bond donors (Lipinski definition) is 1. The van der Waals surface area contributed by atoms with E-state index in [-0.39, 0.29) is 0 Å². The molecule has 0 fully saturated rings. The van der Waals surface area contributed by atoms with E-state index in [1.165, 1.54) is 36.0 Å². The van der Waals surface area contributed by atoms with Gasteiger partial charge < -0.3 is 5.32 Å². The Bertz CT molecular complexity index is 367. The first-order chi connectivity index (χ1) is 8.81. The van der Waals surface area contributed by atoms with Crippen molar-refractivity contribution in [3.8, 4) is 0 Å². The second kappa shape index (κ2) is 7.09. The van der Waals surface area contributed by atoms with Crippen LogP contribution in [0.4, 0.5) is 0 Å². The highest BCUT2D eigenvalue weighted by Gasteiger charge is 2.16. The van der Waals surface area contributed by atoms with Gasteiger partial charge in [0.25, 0.3) is 0 Å². The van der Waals surface area contributed by atoms with Crippen molar-refractivity contribution in [1.82, 2.24) is 5.32 Å². The third kappa shape index (κ3) is 6.24. The van der Waals surface area contributed by atoms with Crippen molar-refractivity contribution in [3.63, 3.8) is 0 Å². The Morgan fingerprint density at radius 3 is 2.11 bits per heavy atom. The van der Waals surface area contributed by atoms with Gasteiger partial charge >= 0.3 is 0 Å². The van der Waals surface area contributed by atoms with Gasteiger partial charge in [0.1, 0.15) is 0 Å². The minimum Gasteiger partial charge on any atom is -0.310 e. The van der Waals surface area contributed by atoms with Crippen molar-refractivity contribution in [2.24, 2.45) is 5.41 Å². The molecule has 0 saturated heterocycles. The van der Waals surface area contributed by atoms with E-state index in [4.69, 9.17) is 0 Å². The van der Waals surface area contributed by atoms with Crippen molar-refractivity contribution in [3.05, 3.63) is 34.9 Å². The van der Waals surface area contributed by atoms with Crippen molar-refractivity contribution < 1.29 is 0 Å². The standard InChI is InChI=1S/C18H31N/c1-7-10-19-17(8-9-18(4,5)6)16-12-14(2)11-15(3)13-16/h11-13,17,19H,7-10H2,1-6H3. The Labute approximate surface area is 119 Å². The van der Waals surface area contributed by atoms with E-state index in [9.17, 15) is 0 Å². The van der Waals surface area contributed by atoms with Gasteiger partial charge in [-0.05, 0) is 50.6 Å². The van der Waals surface area contributed by atoms with Crippen LogP contribution >= 0.6 is 0 Å². The van der Waals surface area contributed by atoms with Gasteiger partial charge in [-0.1, -0.05) is 57.0 Å². The first-order valence-electron chi connectivity index (χ1n) is 7.63. The minimum atomic E-state index is 0.408. The lowest BCUT2D eigenvalue weighted by molar-refractivity contribution is 0.332. The predicted molar refractivity (Wildman–Crippen MR) is 85.6 cm³/mol. The molecule has 1 rings (SSSR count). The van der Waals surface area contributed by atoms with E-state index >= 15 is 0 Å². The van der Waals surface area contributed by atoms with E-state index in [1.54, 1.807) is 0 Å². The normalized spacial score (nSPS) is 13.6. The predicted octanol–water partition coefficient (Wildman–Crippen LogP) is 5.17. The number of hydrogen-bond acceptors (Lipinski definition) is 1. The van der Waals surface area contributed by atoms with Crippen LogP contribution in [-0.2, 0) is 0 Å². The van der Waals surface area contributed by atoms with Gasteiger partial charge in [0.05, 0.1) is 0 Å². The molecule has 1 aromatic carbocycles. The molecule has 0 radical (unpaired) electrons. The minimum absolute atomic E-state index is 0.408. The van der Waals surface area contributed by atoms with Gasteiger partial charge in [-0.25, -0.2) is 0 Å². The van der Waals surface area contributed by atoms with Crippen molar-refractivity contribution in [2.75, 3.05) is 6.54 Å². The maximum Gasteiger partial charge on any atom is 0.0320 e. The third-order valence-electron chi connectivity index (χ3n) is 3.47. The Morgan fingerprint density at radius 2 is 1.63 bits per heavy atom. The summed E-state index contributed by atoms with van der Waals surface area (Å²) < 4.78 is 0. The van der Waals surface area contributed by atoms with Crippen molar-refractivity contribution >= 4 is 0 Å². The van der Waals surface area contributed by atoms with Crippen LogP contribution < -0.4 is 5.32 Å². The number of aryl methyl sites for hydroxylation is 2. The second-order valence-electron chi connectivity index (χ2n) is 7.03. The SMILES string of the molecule is CCCNC(CCC(C)(C)C)c1cc(C)cc(C)c1. The average molecular weight is 261 g/mol. The molecule has 0 aromatic heterocycles. The molecular weight excluding hydrogens is 230 g/mol. The molecule has 1 aromatic rings. The van der Waals surface area contributed by atoms with Crippen LogP contribution in [0.5, 0.6) is 0 Å². The first kappa shape index (κ1) is 16.2. The van der Waals surface area contributed by atoms with Gasteiger partial charge in [0.15, 0.2) is 0 Å². The maximum atomic E-state index is 3.71. The van der Waals surface area contributed by atoms with E-state index in [1.807, 2.05) is 0 Å². The molecule has 0 heterocycles. The molecule has 1 nitrogen and oxygen atoms in total. The molecule has 1 N–H and O–H groups in total. The molecule has 0 aliphatic rings. The summed E-state index contributed by atoms with van der Waals surface area (Å²) in [6.07, 6.45) is 3.66. The zero-order valence-corrected chi connectivity index (χ0v) is 13.6. The zero-order valence-electron chi connectivity index (χ0n) is 13.6. The van der Waals surface area contributed by atoms with Crippen molar-refractivity contribution in [1.29, 1.82) is 0 Å². The molecule has 0 aliphatic heterocycles. The van der Waals surface area contributed by atoms with Gasteiger partial charge in [0, 0.05) is 6.04 Å². The fraction of sp³-hybridized carbons (Fsp3) is 0.667. The summed E-state index contributed by atoms with van der Waals surface area (Å²) in [6.45, 7) is 14.7. The molecular formula is C18H31N. The highest BCUT2D eigenvalue weighted by atomic mass is 14.9. The van der Waals surface area contributed by atoms with Crippen LogP contribution in [0.15, 0.2) is 18.2 Å². The van der Waals surface area contributed by atoms with E-state index in [0.717, 1.165) is 6.54 Å². The number of nitrogens with one attached hydrogen (secondary N) is 1. The number of benzene rings is 1. The largest absolute Gasteiger partial charge is 0.310 e. The third-order valence-corrected chi connectivity index (χ3v) is 3.47. The Morgan fingerprint density at radius 1 is 1.05 bits per heavy atom. The van der Waals surface area contributed by atoms with Gasteiger partial charge in [-0.15, -0.1) is 0 Å². The maximum absolute atomic E-state index is 3.71. The molecule has 108 valence electrons. The highest BCUT2D eigenvalue weighted by molar-refractivity contribution is 5.30. The molecule has 0 amide bonds. The summed E-state index contributed by atoms with van der Waals surface area (Å²) in [7, 11) is 0. The Hall–Kier alpha value is -0.820. The smallest absolute Gasteiger partial charge is 0.0320 e. The van der Waals surface area contributed by atoms with Gasteiger partial charge in [-0.2, -0.15) is 0 Å². The summed E-state index contributed by atoms with van der Waals surface area (Å²) in [6, 6.07) is 7.42. The molecule has 0 bridgehead atoms. The monoisotopic (exact) mass is 261 g/mol. The summed E-state index contributed by atoms with van der Waals surface area (Å²) in [5, 5.41) is 3.71. The average Bonchev–Trinajstić information content (AvgIpc) is 2.26. The van der Waals surface area contributed by atoms with Crippen LogP contribution in [0.1, 0.15) is 69.7 Å². The van der Waals surface area contributed by atoms with Crippen LogP contribution in [-0.4, -0.2) is 6.54 Å². The molecule has 1 unspecified atom stereocenters. The molecule has 0 spiro atoms. The second-order valence-corrected chi connectivity index (χ2v) is 7.03. The Kier molecular flexibility index (Phi) is 6.06. The fourth-order valence-corrected chi connectivity index (χ4v) is 2.49. The summed E-state index contributed by atoms with van der Waals surface area (Å²) in [5.74, 6) is 0.